The number of hydrogen-bond acceptors (Lipinski definition) is 3. The number of benzene rings is 1. The number of hydrogen-bond donors (Lipinski definition) is 1. The Morgan fingerprint density at radius 1 is 1.50 bits per heavy atom. The summed E-state index contributed by atoms with van der Waals surface area (Å²) in [6.07, 6.45) is 1.57. The van der Waals surface area contributed by atoms with E-state index < -0.39 is 15.8 Å². The fraction of sp³-hybridized carbons (Fsp3) is 0.462. The van der Waals surface area contributed by atoms with Crippen molar-refractivity contribution < 1.29 is 12.8 Å². The lowest BCUT2D eigenvalue weighted by atomic mass is 10.2. The molecule has 1 unspecified atom stereocenters. The molecular weight excluding hydrogens is 299 g/mol. The molecule has 0 aromatic heterocycles. The molecule has 7 heteroatoms. The number of nitrogens with two attached hydrogens (primary N) is 1. The highest BCUT2D eigenvalue weighted by atomic mass is 32.2. The standard InChI is InChI=1S/C13H19FN2O2S2/c1-4-6-9(2)16(3)20(17,18)11-8-5-7-10(14)12(11)13(15)19/h5,7-9H,4,6H2,1-3H3,(H2,15,19). The third-order valence-corrected chi connectivity index (χ3v) is 5.42. The molecule has 0 spiro atoms. The Labute approximate surface area is 124 Å². The molecule has 0 saturated heterocycles. The van der Waals surface area contributed by atoms with Gasteiger partial charge in [0, 0.05) is 13.1 Å². The molecule has 0 aliphatic rings. The van der Waals surface area contributed by atoms with Crippen LogP contribution in [0.15, 0.2) is 23.1 Å². The highest BCUT2D eigenvalue weighted by Crippen LogP contribution is 2.24. The van der Waals surface area contributed by atoms with E-state index in [1.165, 1.54) is 23.5 Å². The van der Waals surface area contributed by atoms with Gasteiger partial charge in [-0.15, -0.1) is 0 Å². The third-order valence-electron chi connectivity index (χ3n) is 3.21. The van der Waals surface area contributed by atoms with Gasteiger partial charge < -0.3 is 5.73 Å². The van der Waals surface area contributed by atoms with E-state index in [2.05, 4.69) is 0 Å². The molecule has 0 bridgehead atoms. The average molecular weight is 318 g/mol. The van der Waals surface area contributed by atoms with Crippen LogP contribution in [-0.2, 0) is 10.0 Å². The second-order valence-electron chi connectivity index (χ2n) is 4.64. The van der Waals surface area contributed by atoms with Crippen LogP contribution in [-0.4, -0.2) is 30.8 Å². The molecule has 112 valence electrons. The van der Waals surface area contributed by atoms with Gasteiger partial charge in [-0.25, -0.2) is 12.8 Å². The zero-order valence-corrected chi connectivity index (χ0v) is 13.4. The van der Waals surface area contributed by atoms with E-state index in [9.17, 15) is 12.8 Å². The maximum atomic E-state index is 13.8. The first-order valence-corrected chi connectivity index (χ1v) is 8.14. The topological polar surface area (TPSA) is 63.4 Å². The molecule has 0 heterocycles. The summed E-state index contributed by atoms with van der Waals surface area (Å²) in [5.41, 5.74) is 5.23. The first kappa shape index (κ1) is 17.0. The Balaban J connectivity index is 3.36. The highest BCUT2D eigenvalue weighted by Gasteiger charge is 2.29. The Hall–Kier alpha value is -1.05. The van der Waals surface area contributed by atoms with Gasteiger partial charge in [0.2, 0.25) is 10.0 Å². The summed E-state index contributed by atoms with van der Waals surface area (Å²) in [7, 11) is -2.36. The van der Waals surface area contributed by atoms with Gasteiger partial charge in [0.15, 0.2) is 0 Å². The first-order valence-electron chi connectivity index (χ1n) is 6.29. The van der Waals surface area contributed by atoms with Gasteiger partial charge in [0.1, 0.15) is 10.8 Å². The van der Waals surface area contributed by atoms with E-state index in [1.807, 2.05) is 6.92 Å². The van der Waals surface area contributed by atoms with Crippen LogP contribution in [0, 0.1) is 5.82 Å². The number of rotatable bonds is 6. The number of halogens is 1. The van der Waals surface area contributed by atoms with Crippen molar-refractivity contribution in [2.45, 2.75) is 37.6 Å². The lowest BCUT2D eigenvalue weighted by Crippen LogP contribution is -2.36. The average Bonchev–Trinajstić information content (AvgIpc) is 2.37. The first-order chi connectivity index (χ1) is 9.23. The van der Waals surface area contributed by atoms with Crippen LogP contribution in [0.5, 0.6) is 0 Å². The van der Waals surface area contributed by atoms with Gasteiger partial charge in [-0.2, -0.15) is 4.31 Å². The molecule has 1 aromatic rings. The highest BCUT2D eigenvalue weighted by molar-refractivity contribution is 7.89. The van der Waals surface area contributed by atoms with E-state index in [0.29, 0.717) is 6.42 Å². The third kappa shape index (κ3) is 3.34. The molecule has 1 atom stereocenters. The van der Waals surface area contributed by atoms with Crippen LogP contribution < -0.4 is 5.73 Å². The van der Waals surface area contributed by atoms with Gasteiger partial charge in [0.05, 0.1) is 10.5 Å². The van der Waals surface area contributed by atoms with E-state index in [0.717, 1.165) is 12.5 Å². The Morgan fingerprint density at radius 2 is 2.10 bits per heavy atom. The Kier molecular flexibility index (Phi) is 5.61. The summed E-state index contributed by atoms with van der Waals surface area (Å²) in [4.78, 5) is -0.450. The fourth-order valence-corrected chi connectivity index (χ4v) is 3.83. The second-order valence-corrected chi connectivity index (χ2v) is 7.04. The van der Waals surface area contributed by atoms with Crippen LogP contribution in [0.3, 0.4) is 0 Å². The van der Waals surface area contributed by atoms with E-state index in [-0.39, 0.29) is 21.5 Å². The molecule has 0 aliphatic heterocycles. The summed E-state index contributed by atoms with van der Waals surface area (Å²) >= 11 is 4.76. The number of nitrogens with zero attached hydrogens (tertiary/aromatic N) is 1. The van der Waals surface area contributed by atoms with Crippen molar-refractivity contribution in [1.29, 1.82) is 0 Å². The molecular formula is C13H19FN2O2S2. The van der Waals surface area contributed by atoms with Gasteiger partial charge >= 0.3 is 0 Å². The molecule has 1 rings (SSSR count). The predicted molar refractivity (Wildman–Crippen MR) is 81.6 cm³/mol. The van der Waals surface area contributed by atoms with Crippen molar-refractivity contribution in [1.82, 2.24) is 4.31 Å². The quantitative estimate of drug-likeness (QED) is 0.817. The Morgan fingerprint density at radius 3 is 2.60 bits per heavy atom. The number of sulfonamides is 1. The second kappa shape index (κ2) is 6.60. The van der Waals surface area contributed by atoms with Crippen molar-refractivity contribution in [3.63, 3.8) is 0 Å². The van der Waals surface area contributed by atoms with Crippen LogP contribution in [0.1, 0.15) is 32.3 Å². The van der Waals surface area contributed by atoms with Gasteiger partial charge in [-0.05, 0) is 25.5 Å². The van der Waals surface area contributed by atoms with Gasteiger partial charge in [0.25, 0.3) is 0 Å². The molecule has 0 fully saturated rings. The predicted octanol–water partition coefficient (Wildman–Crippen LogP) is 2.27. The summed E-state index contributed by atoms with van der Waals surface area (Å²) < 4.78 is 40.2. The molecule has 0 saturated carbocycles. The minimum atomic E-state index is -3.83. The fourth-order valence-electron chi connectivity index (χ4n) is 1.95. The molecule has 2 N–H and O–H groups in total. The molecule has 0 aliphatic carbocycles. The van der Waals surface area contributed by atoms with E-state index in [4.69, 9.17) is 18.0 Å². The van der Waals surface area contributed by atoms with Crippen molar-refractivity contribution in [3.8, 4) is 0 Å². The normalized spacial score (nSPS) is 13.4. The van der Waals surface area contributed by atoms with Crippen molar-refractivity contribution in [2.75, 3.05) is 7.05 Å². The Bertz CT molecular complexity index is 602. The van der Waals surface area contributed by atoms with Gasteiger partial charge in [-0.1, -0.05) is 31.6 Å². The van der Waals surface area contributed by atoms with Crippen LogP contribution in [0.25, 0.3) is 0 Å². The number of thiocarbonyl (C=S) groups is 1. The molecule has 20 heavy (non-hydrogen) atoms. The smallest absolute Gasteiger partial charge is 0.243 e. The van der Waals surface area contributed by atoms with E-state index >= 15 is 0 Å². The zero-order valence-electron chi connectivity index (χ0n) is 11.8. The van der Waals surface area contributed by atoms with Crippen molar-refractivity contribution in [2.24, 2.45) is 5.73 Å². The van der Waals surface area contributed by atoms with Gasteiger partial charge in [-0.3, -0.25) is 0 Å². The lowest BCUT2D eigenvalue weighted by Gasteiger charge is -2.25. The van der Waals surface area contributed by atoms with Crippen molar-refractivity contribution in [3.05, 3.63) is 29.6 Å². The molecule has 0 amide bonds. The molecule has 0 radical (unpaired) electrons. The summed E-state index contributed by atoms with van der Waals surface area (Å²) in [5, 5.41) is 0. The summed E-state index contributed by atoms with van der Waals surface area (Å²) in [6.45, 7) is 3.78. The molecule has 4 nitrogen and oxygen atoms in total. The van der Waals surface area contributed by atoms with Crippen LogP contribution >= 0.6 is 12.2 Å². The minimum absolute atomic E-state index is 0.185. The monoisotopic (exact) mass is 318 g/mol. The summed E-state index contributed by atoms with van der Waals surface area (Å²) in [5.74, 6) is -0.727. The van der Waals surface area contributed by atoms with Crippen LogP contribution in [0.2, 0.25) is 0 Å². The van der Waals surface area contributed by atoms with Crippen LogP contribution in [0.4, 0.5) is 4.39 Å². The van der Waals surface area contributed by atoms with E-state index in [1.54, 1.807) is 6.92 Å². The maximum Gasteiger partial charge on any atom is 0.243 e. The van der Waals surface area contributed by atoms with Crippen molar-refractivity contribution >= 4 is 27.2 Å². The lowest BCUT2D eigenvalue weighted by molar-refractivity contribution is 0.368. The largest absolute Gasteiger partial charge is 0.389 e. The SMILES string of the molecule is CCCC(C)N(C)S(=O)(=O)c1cccc(F)c1C(N)=S. The maximum absolute atomic E-state index is 13.8. The zero-order chi connectivity index (χ0) is 15.5. The molecule has 1 aromatic carbocycles. The minimum Gasteiger partial charge on any atom is -0.389 e. The summed E-state index contributed by atoms with van der Waals surface area (Å²) in [6, 6.07) is 3.61.